The van der Waals surface area contributed by atoms with Gasteiger partial charge in [-0.05, 0) is 66.1 Å². The average molecular weight is 303 g/mol. The maximum atomic E-state index is 12.2. The van der Waals surface area contributed by atoms with Crippen molar-refractivity contribution >= 4 is 18.5 Å². The van der Waals surface area contributed by atoms with Crippen LogP contribution < -0.4 is 10.8 Å². The average Bonchev–Trinajstić information content (AvgIpc) is 2.57. The summed E-state index contributed by atoms with van der Waals surface area (Å²) in [6.45, 7) is 14.0. The highest BCUT2D eigenvalue weighted by Gasteiger charge is 2.51. The number of benzene rings is 1. The molecule has 0 saturated carbocycles. The molecule has 1 saturated heterocycles. The molecule has 2 rings (SSSR count). The molecule has 22 heavy (non-hydrogen) atoms. The van der Waals surface area contributed by atoms with Gasteiger partial charge in [0.2, 0.25) is 0 Å². The third-order valence-electron chi connectivity index (χ3n) is 4.31. The Balaban J connectivity index is 2.30. The van der Waals surface area contributed by atoms with E-state index in [1.165, 1.54) is 0 Å². The molecule has 1 heterocycles. The molecule has 0 bridgehead atoms. The smallest absolute Gasteiger partial charge is 0.399 e. The van der Waals surface area contributed by atoms with Crippen LogP contribution in [0.15, 0.2) is 18.2 Å². The molecule has 0 aromatic heterocycles. The van der Waals surface area contributed by atoms with Gasteiger partial charge >= 0.3 is 7.12 Å². The lowest BCUT2D eigenvalue weighted by molar-refractivity contribution is 0.00578. The second-order valence-corrected chi connectivity index (χ2v) is 7.35. The Morgan fingerprint density at radius 3 is 2.14 bits per heavy atom. The lowest BCUT2D eigenvalue weighted by Crippen LogP contribution is -2.41. The summed E-state index contributed by atoms with van der Waals surface area (Å²) in [5, 5.41) is 2.92. The van der Waals surface area contributed by atoms with Crippen LogP contribution >= 0.6 is 0 Å². The molecule has 1 N–H and O–H groups in total. The van der Waals surface area contributed by atoms with Crippen LogP contribution in [0.5, 0.6) is 0 Å². The van der Waals surface area contributed by atoms with Crippen LogP contribution in [0.3, 0.4) is 0 Å². The lowest BCUT2D eigenvalue weighted by Gasteiger charge is -2.32. The number of nitrogens with one attached hydrogen (secondary N) is 1. The summed E-state index contributed by atoms with van der Waals surface area (Å²) in [7, 11) is -0.449. The second kappa shape index (κ2) is 5.71. The fraction of sp³-hybridized carbons (Fsp3) is 0.588. The van der Waals surface area contributed by atoms with Crippen LogP contribution in [0.1, 0.15) is 57.5 Å². The third-order valence-corrected chi connectivity index (χ3v) is 4.31. The number of amides is 1. The molecule has 0 aliphatic carbocycles. The number of aryl methyl sites for hydroxylation is 1. The van der Waals surface area contributed by atoms with Gasteiger partial charge in [-0.1, -0.05) is 11.6 Å². The molecule has 120 valence electrons. The second-order valence-electron chi connectivity index (χ2n) is 7.35. The third kappa shape index (κ3) is 3.36. The van der Waals surface area contributed by atoms with Crippen molar-refractivity contribution in [2.75, 3.05) is 0 Å². The molecule has 5 heteroatoms. The quantitative estimate of drug-likeness (QED) is 0.873. The molecule has 0 atom stereocenters. The van der Waals surface area contributed by atoms with Gasteiger partial charge in [-0.15, -0.1) is 0 Å². The van der Waals surface area contributed by atoms with Gasteiger partial charge in [0, 0.05) is 11.6 Å². The minimum Gasteiger partial charge on any atom is -0.399 e. The highest BCUT2D eigenvalue weighted by molar-refractivity contribution is 6.62. The van der Waals surface area contributed by atoms with Gasteiger partial charge in [0.15, 0.2) is 0 Å². The first-order chi connectivity index (χ1) is 10.0. The maximum absolute atomic E-state index is 12.2. The Bertz CT molecular complexity index is 565. The van der Waals surface area contributed by atoms with Crippen molar-refractivity contribution in [2.45, 2.75) is 65.7 Å². The normalized spacial score (nSPS) is 19.5. The SMILES string of the molecule is Cc1cc(B2OC(C)(C)C(C)(C)O2)cc(C(=O)NC(C)C)c1. The fourth-order valence-corrected chi connectivity index (χ4v) is 2.40. The van der Waals surface area contributed by atoms with Crippen LogP contribution in [0, 0.1) is 6.92 Å². The predicted octanol–water partition coefficient (Wildman–Crippen LogP) is 2.43. The standard InChI is InChI=1S/C17H26BNO3/c1-11(2)19-15(20)13-8-12(3)9-14(10-13)18-21-16(4,5)17(6,7)22-18/h8-11H,1-7H3,(H,19,20). The molecule has 1 aliphatic heterocycles. The summed E-state index contributed by atoms with van der Waals surface area (Å²) in [6, 6.07) is 5.85. The highest BCUT2D eigenvalue weighted by atomic mass is 16.7. The van der Waals surface area contributed by atoms with Gasteiger partial charge in [-0.3, -0.25) is 4.79 Å². The molecule has 0 spiro atoms. The van der Waals surface area contributed by atoms with E-state index in [1.54, 1.807) is 0 Å². The van der Waals surface area contributed by atoms with E-state index in [-0.39, 0.29) is 23.2 Å². The topological polar surface area (TPSA) is 47.6 Å². The zero-order valence-corrected chi connectivity index (χ0v) is 14.6. The Morgan fingerprint density at radius 2 is 1.64 bits per heavy atom. The van der Waals surface area contributed by atoms with Crippen LogP contribution in [0.25, 0.3) is 0 Å². The zero-order valence-electron chi connectivity index (χ0n) is 14.6. The Labute approximate surface area is 133 Å². The van der Waals surface area contributed by atoms with E-state index < -0.39 is 7.12 Å². The molecule has 4 nitrogen and oxygen atoms in total. The van der Waals surface area contributed by atoms with E-state index in [9.17, 15) is 4.79 Å². The van der Waals surface area contributed by atoms with Gasteiger partial charge in [0.05, 0.1) is 11.2 Å². The monoisotopic (exact) mass is 303 g/mol. The summed E-state index contributed by atoms with van der Waals surface area (Å²) in [4.78, 5) is 12.2. The van der Waals surface area contributed by atoms with Crippen molar-refractivity contribution in [1.29, 1.82) is 0 Å². The number of carbonyl (C=O) groups excluding carboxylic acids is 1. The molecule has 1 amide bonds. The van der Waals surface area contributed by atoms with Crippen molar-refractivity contribution in [2.24, 2.45) is 0 Å². The molecule has 1 fully saturated rings. The lowest BCUT2D eigenvalue weighted by atomic mass is 9.77. The summed E-state index contributed by atoms with van der Waals surface area (Å²) >= 11 is 0. The summed E-state index contributed by atoms with van der Waals surface area (Å²) in [5.41, 5.74) is 1.76. The van der Waals surface area contributed by atoms with Crippen LogP contribution in [0.4, 0.5) is 0 Å². The summed E-state index contributed by atoms with van der Waals surface area (Å²) < 4.78 is 12.1. The van der Waals surface area contributed by atoms with Crippen molar-refractivity contribution < 1.29 is 14.1 Å². The largest absolute Gasteiger partial charge is 0.494 e. The molecular formula is C17H26BNO3. The highest BCUT2D eigenvalue weighted by Crippen LogP contribution is 2.36. The van der Waals surface area contributed by atoms with E-state index >= 15 is 0 Å². The Morgan fingerprint density at radius 1 is 1.09 bits per heavy atom. The summed E-state index contributed by atoms with van der Waals surface area (Å²) in [5.74, 6) is -0.0727. The van der Waals surface area contributed by atoms with Crippen LogP contribution in [-0.4, -0.2) is 30.3 Å². The first kappa shape index (κ1) is 17.0. The van der Waals surface area contributed by atoms with Crippen molar-refractivity contribution in [3.63, 3.8) is 0 Å². The number of carbonyl (C=O) groups is 1. The number of rotatable bonds is 3. The zero-order chi connectivity index (χ0) is 16.7. The molecule has 0 radical (unpaired) electrons. The molecule has 0 unspecified atom stereocenters. The van der Waals surface area contributed by atoms with Gasteiger partial charge < -0.3 is 14.6 Å². The number of hydrogen-bond donors (Lipinski definition) is 1. The van der Waals surface area contributed by atoms with Gasteiger partial charge in [-0.25, -0.2) is 0 Å². The molecule has 1 aromatic carbocycles. The van der Waals surface area contributed by atoms with Crippen LogP contribution in [0.2, 0.25) is 0 Å². The maximum Gasteiger partial charge on any atom is 0.494 e. The minimum atomic E-state index is -0.449. The minimum absolute atomic E-state index is 0.0727. The fourth-order valence-electron chi connectivity index (χ4n) is 2.40. The van der Waals surface area contributed by atoms with E-state index in [0.29, 0.717) is 5.56 Å². The van der Waals surface area contributed by atoms with Gasteiger partial charge in [0.25, 0.3) is 5.91 Å². The van der Waals surface area contributed by atoms with E-state index in [2.05, 4.69) is 5.32 Å². The molecule has 1 aromatic rings. The Kier molecular flexibility index (Phi) is 4.42. The molecular weight excluding hydrogens is 277 g/mol. The first-order valence-electron chi connectivity index (χ1n) is 7.80. The van der Waals surface area contributed by atoms with E-state index in [0.717, 1.165) is 11.0 Å². The van der Waals surface area contributed by atoms with Crippen molar-refractivity contribution in [3.8, 4) is 0 Å². The number of hydrogen-bond acceptors (Lipinski definition) is 3. The summed E-state index contributed by atoms with van der Waals surface area (Å²) in [6.07, 6.45) is 0. The van der Waals surface area contributed by atoms with Crippen molar-refractivity contribution in [1.82, 2.24) is 5.32 Å². The van der Waals surface area contributed by atoms with E-state index in [1.807, 2.05) is 66.7 Å². The van der Waals surface area contributed by atoms with E-state index in [4.69, 9.17) is 9.31 Å². The first-order valence-corrected chi connectivity index (χ1v) is 7.80. The molecule has 1 aliphatic rings. The predicted molar refractivity (Wildman–Crippen MR) is 89.5 cm³/mol. The Hall–Kier alpha value is -1.33. The van der Waals surface area contributed by atoms with Crippen LogP contribution in [-0.2, 0) is 9.31 Å². The van der Waals surface area contributed by atoms with Gasteiger partial charge in [-0.2, -0.15) is 0 Å². The van der Waals surface area contributed by atoms with Gasteiger partial charge in [0.1, 0.15) is 0 Å². The van der Waals surface area contributed by atoms with Crippen molar-refractivity contribution in [3.05, 3.63) is 29.3 Å².